The molecule has 0 bridgehead atoms. The summed E-state index contributed by atoms with van der Waals surface area (Å²) in [7, 11) is 0. The van der Waals surface area contributed by atoms with Crippen LogP contribution < -0.4 is 4.90 Å². The van der Waals surface area contributed by atoms with Gasteiger partial charge in [-0.3, -0.25) is 9.78 Å². The molecule has 1 unspecified atom stereocenters. The molecule has 1 aliphatic rings. The minimum Gasteiger partial charge on any atom is -0.311 e. The molecule has 4 heteroatoms. The largest absolute Gasteiger partial charge is 0.311 e. The summed E-state index contributed by atoms with van der Waals surface area (Å²) in [4.78, 5) is 17.8. The Morgan fingerprint density at radius 3 is 3.00 bits per heavy atom. The van der Waals surface area contributed by atoms with E-state index in [0.29, 0.717) is 13.0 Å². The third-order valence-corrected chi connectivity index (χ3v) is 3.35. The van der Waals surface area contributed by atoms with Crippen molar-refractivity contribution in [2.75, 3.05) is 11.4 Å². The van der Waals surface area contributed by atoms with E-state index in [-0.39, 0.29) is 11.2 Å². The van der Waals surface area contributed by atoms with Gasteiger partial charge in [0.05, 0.1) is 5.52 Å². The topological polar surface area (TPSA) is 33.2 Å². The van der Waals surface area contributed by atoms with Crippen LogP contribution in [0.15, 0.2) is 36.5 Å². The predicted octanol–water partition coefficient (Wildman–Crippen LogP) is 2.27. The van der Waals surface area contributed by atoms with Crippen LogP contribution in [0.1, 0.15) is 6.42 Å². The van der Waals surface area contributed by atoms with Crippen molar-refractivity contribution in [3.05, 3.63) is 36.5 Å². The Labute approximate surface area is 105 Å². The lowest BCUT2D eigenvalue weighted by Crippen LogP contribution is -2.24. The molecule has 1 aliphatic heterocycles. The molecule has 0 N–H and O–H groups in total. The summed E-state index contributed by atoms with van der Waals surface area (Å²) in [5, 5.41) is 1.20. The van der Waals surface area contributed by atoms with Gasteiger partial charge in [0, 0.05) is 35.5 Å². The van der Waals surface area contributed by atoms with E-state index in [4.69, 9.17) is 0 Å². The van der Waals surface area contributed by atoms with Crippen molar-refractivity contribution >= 4 is 35.1 Å². The van der Waals surface area contributed by atoms with Crippen molar-refractivity contribution in [2.24, 2.45) is 0 Å². The molecular weight excluding hydrogens is 232 g/mol. The molecule has 1 amide bonds. The molecule has 2 heterocycles. The summed E-state index contributed by atoms with van der Waals surface area (Å²) in [6.45, 7) is 0.688. The maximum atomic E-state index is 11.8. The maximum absolute atomic E-state index is 11.8. The summed E-state index contributed by atoms with van der Waals surface area (Å²) in [6.07, 6.45) is 2.29. The molecule has 2 aromatic rings. The van der Waals surface area contributed by atoms with E-state index in [2.05, 4.69) is 17.6 Å². The number of benzene rings is 1. The second-order valence-corrected chi connectivity index (χ2v) is 4.97. The molecule has 3 rings (SSSR count). The molecular formula is C13H12N2OS. The van der Waals surface area contributed by atoms with E-state index in [1.165, 1.54) is 0 Å². The summed E-state index contributed by atoms with van der Waals surface area (Å²) >= 11 is 4.36. The minimum atomic E-state index is 0.145. The molecule has 0 radical (unpaired) electrons. The number of carbonyl (C=O) groups is 1. The lowest BCUT2D eigenvalue weighted by molar-refractivity contribution is -0.117. The first-order valence-electron chi connectivity index (χ1n) is 5.57. The van der Waals surface area contributed by atoms with Crippen LogP contribution in [0, 0.1) is 0 Å². The van der Waals surface area contributed by atoms with Crippen molar-refractivity contribution in [3.63, 3.8) is 0 Å². The quantitative estimate of drug-likeness (QED) is 0.781. The Morgan fingerprint density at radius 2 is 2.24 bits per heavy atom. The van der Waals surface area contributed by atoms with E-state index in [1.54, 1.807) is 11.1 Å². The van der Waals surface area contributed by atoms with Crippen molar-refractivity contribution in [3.8, 4) is 0 Å². The Morgan fingerprint density at radius 1 is 1.35 bits per heavy atom. The van der Waals surface area contributed by atoms with E-state index < -0.39 is 0 Å². The highest BCUT2D eigenvalue weighted by Crippen LogP contribution is 2.26. The molecule has 0 saturated carbocycles. The Kier molecular flexibility index (Phi) is 2.52. The number of amides is 1. The Hall–Kier alpha value is -1.55. The number of pyridine rings is 1. The van der Waals surface area contributed by atoms with Crippen molar-refractivity contribution in [1.29, 1.82) is 0 Å². The van der Waals surface area contributed by atoms with Crippen molar-refractivity contribution in [2.45, 2.75) is 11.7 Å². The summed E-state index contributed by atoms with van der Waals surface area (Å²) in [5.74, 6) is 0.147. The molecule has 1 saturated heterocycles. The van der Waals surface area contributed by atoms with Crippen LogP contribution in [0.5, 0.6) is 0 Å². The van der Waals surface area contributed by atoms with Crippen LogP contribution in [0.25, 0.3) is 10.9 Å². The predicted molar refractivity (Wildman–Crippen MR) is 71.5 cm³/mol. The van der Waals surface area contributed by atoms with Crippen LogP contribution in [-0.2, 0) is 4.79 Å². The average Bonchev–Trinajstić information content (AvgIpc) is 2.68. The van der Waals surface area contributed by atoms with Crippen molar-refractivity contribution < 1.29 is 4.79 Å². The monoisotopic (exact) mass is 244 g/mol. The molecule has 17 heavy (non-hydrogen) atoms. The lowest BCUT2D eigenvalue weighted by atomic mass is 10.2. The molecule has 3 nitrogen and oxygen atoms in total. The first-order chi connectivity index (χ1) is 8.24. The van der Waals surface area contributed by atoms with Gasteiger partial charge in [-0.25, -0.2) is 0 Å². The molecule has 1 aromatic carbocycles. The van der Waals surface area contributed by atoms with E-state index in [9.17, 15) is 4.79 Å². The van der Waals surface area contributed by atoms with E-state index >= 15 is 0 Å². The van der Waals surface area contributed by atoms with Gasteiger partial charge in [0.1, 0.15) is 0 Å². The lowest BCUT2D eigenvalue weighted by Gasteiger charge is -2.16. The number of fused-ring (bicyclic) bond motifs is 1. The summed E-state index contributed by atoms with van der Waals surface area (Å²) in [6, 6.07) is 9.80. The Bertz CT molecular complexity index is 584. The fraction of sp³-hybridized carbons (Fsp3) is 0.231. The van der Waals surface area contributed by atoms with Gasteiger partial charge < -0.3 is 4.90 Å². The highest BCUT2D eigenvalue weighted by Gasteiger charge is 2.28. The number of hydrogen-bond donors (Lipinski definition) is 1. The van der Waals surface area contributed by atoms with Gasteiger partial charge in [0.2, 0.25) is 5.91 Å². The van der Waals surface area contributed by atoms with Crippen LogP contribution >= 0.6 is 12.6 Å². The number of carbonyl (C=O) groups excluding carboxylic acids is 1. The highest BCUT2D eigenvalue weighted by atomic mass is 32.1. The third kappa shape index (κ3) is 1.89. The molecule has 1 atom stereocenters. The molecule has 1 fully saturated rings. The first kappa shape index (κ1) is 10.6. The third-order valence-electron chi connectivity index (χ3n) is 3.00. The van der Waals surface area contributed by atoms with Gasteiger partial charge in [-0.2, -0.15) is 12.6 Å². The fourth-order valence-electron chi connectivity index (χ4n) is 2.17. The van der Waals surface area contributed by atoms with Gasteiger partial charge in [-0.05, 0) is 24.3 Å². The second-order valence-electron chi connectivity index (χ2n) is 4.24. The normalized spacial score (nSPS) is 20.2. The fourth-order valence-corrected chi connectivity index (χ4v) is 2.49. The van der Waals surface area contributed by atoms with Gasteiger partial charge in [-0.1, -0.05) is 6.07 Å². The zero-order valence-electron chi connectivity index (χ0n) is 9.21. The number of hydrogen-bond acceptors (Lipinski definition) is 3. The van der Waals surface area contributed by atoms with Crippen LogP contribution in [0.4, 0.5) is 5.69 Å². The second kappa shape index (κ2) is 4.04. The molecule has 0 spiro atoms. The highest BCUT2D eigenvalue weighted by molar-refractivity contribution is 7.81. The number of rotatable bonds is 1. The van der Waals surface area contributed by atoms with E-state index in [1.807, 2.05) is 30.3 Å². The number of nitrogens with zero attached hydrogens (tertiary/aromatic N) is 2. The smallest absolute Gasteiger partial charge is 0.228 e. The standard InChI is InChI=1S/C13H12N2OS/c16-13-7-11(17)8-15(13)10-3-4-12-9(6-10)2-1-5-14-12/h1-6,11,17H,7-8H2. The Balaban J connectivity index is 2.03. The van der Waals surface area contributed by atoms with Crippen LogP contribution in [0.3, 0.4) is 0 Å². The van der Waals surface area contributed by atoms with Gasteiger partial charge in [-0.15, -0.1) is 0 Å². The number of thiol groups is 1. The maximum Gasteiger partial charge on any atom is 0.228 e. The average molecular weight is 244 g/mol. The SMILES string of the molecule is O=C1CC(S)CN1c1ccc2ncccc2c1. The zero-order valence-corrected chi connectivity index (χ0v) is 10.1. The van der Waals surface area contributed by atoms with Crippen LogP contribution in [0.2, 0.25) is 0 Å². The molecule has 0 aliphatic carbocycles. The number of aromatic nitrogens is 1. The van der Waals surface area contributed by atoms with E-state index in [0.717, 1.165) is 16.6 Å². The first-order valence-corrected chi connectivity index (χ1v) is 6.09. The van der Waals surface area contributed by atoms with Crippen LogP contribution in [-0.4, -0.2) is 22.7 Å². The van der Waals surface area contributed by atoms with Gasteiger partial charge in [0.15, 0.2) is 0 Å². The van der Waals surface area contributed by atoms with Gasteiger partial charge in [0.25, 0.3) is 0 Å². The number of anilines is 1. The summed E-state index contributed by atoms with van der Waals surface area (Å²) < 4.78 is 0. The molecule has 86 valence electrons. The zero-order chi connectivity index (χ0) is 11.8. The van der Waals surface area contributed by atoms with Crippen molar-refractivity contribution in [1.82, 2.24) is 4.98 Å². The minimum absolute atomic E-state index is 0.145. The summed E-state index contributed by atoms with van der Waals surface area (Å²) in [5.41, 5.74) is 1.89. The molecule has 1 aromatic heterocycles. The van der Waals surface area contributed by atoms with Gasteiger partial charge >= 0.3 is 0 Å².